The minimum Gasteiger partial charge on any atom is -0.347 e. The average molecular weight is 302 g/mol. The highest BCUT2D eigenvalue weighted by atomic mass is 32.1. The molecular formula is C15H18N4OS. The van der Waals surface area contributed by atoms with Crippen LogP contribution in [-0.2, 0) is 0 Å². The third-order valence-corrected chi connectivity index (χ3v) is 4.75. The predicted octanol–water partition coefficient (Wildman–Crippen LogP) is 1.73. The Hall–Kier alpha value is -1.76. The molecule has 2 atom stereocenters. The number of hydrogen-bond donors (Lipinski definition) is 2. The van der Waals surface area contributed by atoms with Crippen LogP contribution in [0.2, 0.25) is 0 Å². The molecular weight excluding hydrogens is 284 g/mol. The van der Waals surface area contributed by atoms with Crippen molar-refractivity contribution in [2.75, 3.05) is 13.1 Å². The average Bonchev–Trinajstić information content (AvgIpc) is 3.07. The van der Waals surface area contributed by atoms with E-state index < -0.39 is 0 Å². The summed E-state index contributed by atoms with van der Waals surface area (Å²) in [6, 6.07) is 9.98. The van der Waals surface area contributed by atoms with Crippen LogP contribution in [0.1, 0.15) is 16.6 Å². The van der Waals surface area contributed by atoms with Crippen LogP contribution in [0.3, 0.4) is 0 Å². The lowest BCUT2D eigenvalue weighted by molar-refractivity contribution is 0.0935. The molecule has 1 aliphatic rings. The molecule has 0 saturated carbocycles. The van der Waals surface area contributed by atoms with Gasteiger partial charge in [-0.15, -0.1) is 11.3 Å². The maximum Gasteiger partial charge on any atom is 0.263 e. The molecule has 3 rings (SSSR count). The lowest BCUT2D eigenvalue weighted by Gasteiger charge is -2.15. The monoisotopic (exact) mass is 302 g/mol. The van der Waals surface area contributed by atoms with Gasteiger partial charge >= 0.3 is 0 Å². The second kappa shape index (κ2) is 5.93. The molecule has 1 amide bonds. The number of benzene rings is 1. The molecule has 1 saturated heterocycles. The second-order valence-electron chi connectivity index (χ2n) is 5.41. The first-order chi connectivity index (χ1) is 10.1. The Morgan fingerprint density at radius 1 is 1.38 bits per heavy atom. The summed E-state index contributed by atoms with van der Waals surface area (Å²) in [4.78, 5) is 17.3. The molecule has 110 valence electrons. The number of amides is 1. The highest BCUT2D eigenvalue weighted by molar-refractivity contribution is 7.16. The number of aromatic nitrogens is 1. The number of hydrogen-bond acceptors (Lipinski definition) is 5. The number of nitrogens with zero attached hydrogens (tertiary/aromatic N) is 2. The quantitative estimate of drug-likeness (QED) is 0.847. The molecule has 0 unspecified atom stereocenters. The fourth-order valence-electron chi connectivity index (χ4n) is 2.52. The summed E-state index contributed by atoms with van der Waals surface area (Å²) < 4.78 is 0. The van der Waals surface area contributed by atoms with Crippen molar-refractivity contribution in [2.45, 2.75) is 13.0 Å². The number of rotatable bonds is 3. The number of thiazole rings is 1. The maximum atomic E-state index is 12.3. The van der Waals surface area contributed by atoms with Crippen molar-refractivity contribution >= 4 is 17.2 Å². The number of nitrogens with one attached hydrogen (secondary N) is 1. The van der Waals surface area contributed by atoms with Crippen LogP contribution >= 0.6 is 11.3 Å². The third-order valence-electron chi connectivity index (χ3n) is 3.71. The van der Waals surface area contributed by atoms with Gasteiger partial charge in [-0.05, 0) is 5.92 Å². The van der Waals surface area contributed by atoms with Crippen molar-refractivity contribution in [2.24, 2.45) is 11.8 Å². The molecule has 5 nitrogen and oxygen atoms in total. The van der Waals surface area contributed by atoms with Crippen molar-refractivity contribution in [3.8, 4) is 10.6 Å². The molecule has 21 heavy (non-hydrogen) atoms. The van der Waals surface area contributed by atoms with E-state index in [4.69, 9.17) is 5.84 Å². The highest BCUT2D eigenvalue weighted by Crippen LogP contribution is 2.25. The van der Waals surface area contributed by atoms with E-state index in [2.05, 4.69) is 17.2 Å². The topological polar surface area (TPSA) is 71.2 Å². The first-order valence-corrected chi connectivity index (χ1v) is 7.77. The van der Waals surface area contributed by atoms with Crippen molar-refractivity contribution in [3.05, 3.63) is 41.4 Å². The Morgan fingerprint density at radius 2 is 2.14 bits per heavy atom. The Morgan fingerprint density at radius 3 is 2.81 bits per heavy atom. The van der Waals surface area contributed by atoms with E-state index in [0.29, 0.717) is 17.3 Å². The van der Waals surface area contributed by atoms with Crippen molar-refractivity contribution in [1.29, 1.82) is 0 Å². The second-order valence-corrected chi connectivity index (χ2v) is 6.44. The summed E-state index contributed by atoms with van der Waals surface area (Å²) >= 11 is 1.41. The standard InChI is InChI=1S/C15H18N4OS/c1-10-8-19(16)9-12(10)18-14(20)13-7-17-15(21-13)11-5-3-2-4-6-11/h2-7,10,12H,8-9,16H2,1H3,(H,18,20)/t10-,12-/m1/s1. The van der Waals surface area contributed by atoms with Gasteiger partial charge in [0, 0.05) is 24.7 Å². The smallest absolute Gasteiger partial charge is 0.263 e. The van der Waals surface area contributed by atoms with E-state index in [-0.39, 0.29) is 11.9 Å². The highest BCUT2D eigenvalue weighted by Gasteiger charge is 2.29. The van der Waals surface area contributed by atoms with Gasteiger partial charge in [0.15, 0.2) is 0 Å². The van der Waals surface area contributed by atoms with Gasteiger partial charge in [-0.25, -0.2) is 9.99 Å². The maximum absolute atomic E-state index is 12.3. The molecule has 3 N–H and O–H groups in total. The van der Waals surface area contributed by atoms with Gasteiger partial charge in [-0.2, -0.15) is 0 Å². The van der Waals surface area contributed by atoms with Crippen LogP contribution in [0, 0.1) is 5.92 Å². The van der Waals surface area contributed by atoms with Gasteiger partial charge in [0.1, 0.15) is 9.88 Å². The van der Waals surface area contributed by atoms with E-state index in [1.165, 1.54) is 11.3 Å². The Bertz CT molecular complexity index is 628. The van der Waals surface area contributed by atoms with E-state index in [1.54, 1.807) is 11.2 Å². The van der Waals surface area contributed by atoms with Crippen LogP contribution in [-0.4, -0.2) is 35.0 Å². The third kappa shape index (κ3) is 3.12. The summed E-state index contributed by atoms with van der Waals surface area (Å²) in [5.41, 5.74) is 1.03. The molecule has 1 aromatic carbocycles. The fraction of sp³-hybridized carbons (Fsp3) is 0.333. The predicted molar refractivity (Wildman–Crippen MR) is 83.7 cm³/mol. The van der Waals surface area contributed by atoms with Gasteiger partial charge in [-0.3, -0.25) is 10.6 Å². The lowest BCUT2D eigenvalue weighted by atomic mass is 10.1. The Labute approximate surface area is 127 Å². The molecule has 1 aromatic heterocycles. The Balaban J connectivity index is 1.70. The van der Waals surface area contributed by atoms with Crippen LogP contribution in [0.5, 0.6) is 0 Å². The zero-order chi connectivity index (χ0) is 14.8. The molecule has 0 aliphatic carbocycles. The van der Waals surface area contributed by atoms with Gasteiger partial charge in [0.05, 0.1) is 6.20 Å². The minimum absolute atomic E-state index is 0.0677. The van der Waals surface area contributed by atoms with Crippen molar-refractivity contribution < 1.29 is 4.79 Å². The first-order valence-electron chi connectivity index (χ1n) is 6.95. The molecule has 0 bridgehead atoms. The van der Waals surface area contributed by atoms with Crippen LogP contribution in [0.4, 0.5) is 0 Å². The molecule has 1 fully saturated rings. The number of hydrazine groups is 1. The normalized spacial score (nSPS) is 22.4. The molecule has 2 heterocycles. The number of nitrogens with two attached hydrogens (primary N) is 1. The summed E-state index contributed by atoms with van der Waals surface area (Å²) in [7, 11) is 0. The zero-order valence-electron chi connectivity index (χ0n) is 11.8. The van der Waals surface area contributed by atoms with Crippen LogP contribution in [0.25, 0.3) is 10.6 Å². The van der Waals surface area contributed by atoms with Gasteiger partial charge in [0.2, 0.25) is 0 Å². The van der Waals surface area contributed by atoms with Crippen LogP contribution in [0.15, 0.2) is 36.5 Å². The van der Waals surface area contributed by atoms with E-state index in [9.17, 15) is 4.79 Å². The molecule has 0 spiro atoms. The molecule has 0 radical (unpaired) electrons. The van der Waals surface area contributed by atoms with Crippen LogP contribution < -0.4 is 11.2 Å². The fourth-order valence-corrected chi connectivity index (χ4v) is 3.35. The van der Waals surface area contributed by atoms with Crippen molar-refractivity contribution in [3.63, 3.8) is 0 Å². The molecule has 1 aliphatic heterocycles. The summed E-state index contributed by atoms with van der Waals surface area (Å²) in [6.07, 6.45) is 1.64. The van der Waals surface area contributed by atoms with E-state index in [1.807, 2.05) is 30.3 Å². The summed E-state index contributed by atoms with van der Waals surface area (Å²) in [5, 5.41) is 5.66. The zero-order valence-corrected chi connectivity index (χ0v) is 12.6. The van der Waals surface area contributed by atoms with Gasteiger partial charge in [-0.1, -0.05) is 37.3 Å². The van der Waals surface area contributed by atoms with Crippen molar-refractivity contribution in [1.82, 2.24) is 15.3 Å². The minimum atomic E-state index is -0.0677. The lowest BCUT2D eigenvalue weighted by Crippen LogP contribution is -2.40. The van der Waals surface area contributed by atoms with Gasteiger partial charge in [0.25, 0.3) is 5.91 Å². The molecule has 2 aromatic rings. The largest absolute Gasteiger partial charge is 0.347 e. The Kier molecular flexibility index (Phi) is 4.01. The van der Waals surface area contributed by atoms with Gasteiger partial charge < -0.3 is 5.32 Å². The summed E-state index contributed by atoms with van der Waals surface area (Å²) in [6.45, 7) is 3.60. The number of carbonyl (C=O) groups excluding carboxylic acids is 1. The SMILES string of the molecule is C[C@@H]1CN(N)C[C@H]1NC(=O)c1cnc(-c2ccccc2)s1. The number of carbonyl (C=O) groups is 1. The summed E-state index contributed by atoms with van der Waals surface area (Å²) in [5.74, 6) is 6.08. The first kappa shape index (κ1) is 14.2. The molecule has 6 heteroatoms. The van der Waals surface area contributed by atoms with E-state index in [0.717, 1.165) is 17.1 Å². The van der Waals surface area contributed by atoms with E-state index >= 15 is 0 Å².